The quantitative estimate of drug-likeness (QED) is 0.552. The number of carbonyl (C=O) groups excluding carboxylic acids is 1. The van der Waals surface area contributed by atoms with Crippen LogP contribution in [0.5, 0.6) is 5.75 Å². The molecule has 0 saturated heterocycles. The van der Waals surface area contributed by atoms with Gasteiger partial charge in [-0.1, -0.05) is 19.1 Å². The first-order valence-electron chi connectivity index (χ1n) is 9.41. The van der Waals surface area contributed by atoms with Gasteiger partial charge in [0.15, 0.2) is 0 Å². The van der Waals surface area contributed by atoms with E-state index >= 15 is 0 Å². The molecule has 0 radical (unpaired) electrons. The summed E-state index contributed by atoms with van der Waals surface area (Å²) in [5, 5.41) is 0.539. The second-order valence-corrected chi connectivity index (χ2v) is 7.51. The second-order valence-electron chi connectivity index (χ2n) is 6.30. The number of esters is 1. The molecule has 0 N–H and O–H groups in total. The Morgan fingerprint density at radius 2 is 1.89 bits per heavy atom. The van der Waals surface area contributed by atoms with Crippen LogP contribution in [0.15, 0.2) is 35.4 Å². The topological polar surface area (TPSA) is 70.4 Å². The molecule has 28 heavy (non-hydrogen) atoms. The molecule has 2 aromatic heterocycles. The monoisotopic (exact) mass is 400 g/mol. The van der Waals surface area contributed by atoms with Crippen LogP contribution >= 0.6 is 11.3 Å². The summed E-state index contributed by atoms with van der Waals surface area (Å²) in [6.45, 7) is 8.39. The van der Waals surface area contributed by atoms with Crippen molar-refractivity contribution >= 4 is 27.5 Å². The fourth-order valence-corrected chi connectivity index (χ4v) is 4.29. The van der Waals surface area contributed by atoms with E-state index in [9.17, 15) is 9.59 Å². The van der Waals surface area contributed by atoms with Crippen molar-refractivity contribution in [1.82, 2.24) is 9.55 Å². The molecule has 1 atom stereocenters. The number of hydrogen-bond donors (Lipinski definition) is 0. The molecule has 0 aliphatic rings. The summed E-state index contributed by atoms with van der Waals surface area (Å²) in [5.41, 5.74) is 1.56. The van der Waals surface area contributed by atoms with E-state index in [0.29, 0.717) is 23.2 Å². The molecule has 3 rings (SSSR count). The van der Waals surface area contributed by atoms with Crippen LogP contribution in [0.3, 0.4) is 0 Å². The Bertz CT molecular complexity index is 1040. The van der Waals surface area contributed by atoms with Gasteiger partial charge in [0.1, 0.15) is 16.6 Å². The van der Waals surface area contributed by atoms with Crippen molar-refractivity contribution in [3.8, 4) is 16.9 Å². The maximum Gasteiger partial charge on any atom is 0.329 e. The lowest BCUT2D eigenvalue weighted by Gasteiger charge is -2.16. The molecule has 148 valence electrons. The maximum atomic E-state index is 13.3. The second kappa shape index (κ2) is 8.56. The predicted molar refractivity (Wildman–Crippen MR) is 111 cm³/mol. The average Bonchev–Trinajstić information content (AvgIpc) is 3.02. The van der Waals surface area contributed by atoms with Crippen molar-refractivity contribution in [3.05, 3.63) is 45.8 Å². The van der Waals surface area contributed by atoms with E-state index in [1.807, 2.05) is 45.0 Å². The zero-order valence-electron chi connectivity index (χ0n) is 16.5. The van der Waals surface area contributed by atoms with Crippen molar-refractivity contribution in [1.29, 1.82) is 0 Å². The van der Waals surface area contributed by atoms with E-state index in [2.05, 4.69) is 4.98 Å². The van der Waals surface area contributed by atoms with Crippen molar-refractivity contribution in [2.24, 2.45) is 0 Å². The Balaban J connectivity index is 2.15. The lowest BCUT2D eigenvalue weighted by atomic mass is 10.0. The molecule has 3 aromatic rings. The van der Waals surface area contributed by atoms with Gasteiger partial charge in [-0.05, 0) is 44.9 Å². The number of rotatable bonds is 7. The minimum Gasteiger partial charge on any atom is -0.494 e. The van der Waals surface area contributed by atoms with Crippen LogP contribution in [0.25, 0.3) is 21.3 Å². The molecule has 0 aliphatic carbocycles. The van der Waals surface area contributed by atoms with Crippen molar-refractivity contribution < 1.29 is 14.3 Å². The first kappa shape index (κ1) is 20.1. The van der Waals surface area contributed by atoms with Gasteiger partial charge in [0.05, 0.1) is 24.9 Å². The predicted octanol–water partition coefficient (Wildman–Crippen LogP) is 4.35. The Hall–Kier alpha value is -2.67. The normalized spacial score (nSPS) is 12.1. The molecule has 1 unspecified atom stereocenters. The van der Waals surface area contributed by atoms with Gasteiger partial charge < -0.3 is 9.47 Å². The zero-order valence-corrected chi connectivity index (χ0v) is 17.3. The SMILES string of the molecule is CCOC(=O)C(CC)n1cnc2sc(C)c(-c3ccc(OCC)cc3)c2c1=O. The van der Waals surface area contributed by atoms with E-state index in [4.69, 9.17) is 9.47 Å². The van der Waals surface area contributed by atoms with Gasteiger partial charge in [-0.25, -0.2) is 9.78 Å². The number of ether oxygens (including phenoxy) is 2. The summed E-state index contributed by atoms with van der Waals surface area (Å²) < 4.78 is 12.0. The fourth-order valence-electron chi connectivity index (χ4n) is 3.29. The maximum absolute atomic E-state index is 13.3. The number of aromatic nitrogens is 2. The van der Waals surface area contributed by atoms with Crippen LogP contribution in [-0.4, -0.2) is 28.7 Å². The standard InChI is InChI=1S/C21H24N2O4S/c1-5-16(21(25)27-7-3)23-12-22-19-18(20(23)24)17(13(4)28-19)14-8-10-15(11-9-14)26-6-2/h8-12,16H,5-7H2,1-4H3. The number of aryl methyl sites for hydroxylation is 1. The van der Waals surface area contributed by atoms with E-state index in [0.717, 1.165) is 21.8 Å². The van der Waals surface area contributed by atoms with Gasteiger partial charge in [-0.2, -0.15) is 0 Å². The number of benzene rings is 1. The number of thiophene rings is 1. The van der Waals surface area contributed by atoms with Crippen LogP contribution in [0, 0.1) is 6.92 Å². The molecule has 0 bridgehead atoms. The number of fused-ring (bicyclic) bond motifs is 1. The molecule has 7 heteroatoms. The minimum absolute atomic E-state index is 0.224. The summed E-state index contributed by atoms with van der Waals surface area (Å²) in [5.74, 6) is 0.371. The van der Waals surface area contributed by atoms with E-state index in [1.165, 1.54) is 22.2 Å². The summed E-state index contributed by atoms with van der Waals surface area (Å²) in [6.07, 6.45) is 1.90. The van der Waals surface area contributed by atoms with E-state index in [1.54, 1.807) is 6.92 Å². The van der Waals surface area contributed by atoms with Gasteiger partial charge in [0.2, 0.25) is 0 Å². The van der Waals surface area contributed by atoms with Crippen molar-refractivity contribution in [2.75, 3.05) is 13.2 Å². The van der Waals surface area contributed by atoms with Gasteiger partial charge in [0.25, 0.3) is 5.56 Å². The largest absolute Gasteiger partial charge is 0.494 e. The summed E-state index contributed by atoms with van der Waals surface area (Å²) >= 11 is 1.48. The highest BCUT2D eigenvalue weighted by Gasteiger charge is 2.24. The minimum atomic E-state index is -0.683. The van der Waals surface area contributed by atoms with Crippen molar-refractivity contribution in [3.63, 3.8) is 0 Å². The van der Waals surface area contributed by atoms with E-state index in [-0.39, 0.29) is 12.2 Å². The van der Waals surface area contributed by atoms with Crippen molar-refractivity contribution in [2.45, 2.75) is 40.2 Å². The highest BCUT2D eigenvalue weighted by molar-refractivity contribution is 7.19. The summed E-state index contributed by atoms with van der Waals surface area (Å²) in [7, 11) is 0. The van der Waals surface area contributed by atoms with Gasteiger partial charge in [-0.15, -0.1) is 11.3 Å². The number of nitrogens with zero attached hydrogens (tertiary/aromatic N) is 2. The third-order valence-electron chi connectivity index (χ3n) is 4.55. The van der Waals surface area contributed by atoms with Crippen LogP contribution < -0.4 is 10.3 Å². The van der Waals surface area contributed by atoms with Gasteiger partial charge in [-0.3, -0.25) is 9.36 Å². The zero-order chi connectivity index (χ0) is 20.3. The average molecular weight is 401 g/mol. The first-order chi connectivity index (χ1) is 13.5. The lowest BCUT2D eigenvalue weighted by molar-refractivity contribution is -0.147. The molecule has 0 amide bonds. The van der Waals surface area contributed by atoms with Gasteiger partial charge >= 0.3 is 5.97 Å². The molecule has 0 saturated carbocycles. The van der Waals surface area contributed by atoms with Gasteiger partial charge in [0, 0.05) is 10.4 Å². The molecule has 0 spiro atoms. The molecule has 1 aromatic carbocycles. The lowest BCUT2D eigenvalue weighted by Crippen LogP contribution is -2.31. The fraction of sp³-hybridized carbons (Fsp3) is 0.381. The Labute approximate surface area is 167 Å². The molecule has 0 fully saturated rings. The smallest absolute Gasteiger partial charge is 0.329 e. The summed E-state index contributed by atoms with van der Waals surface area (Å²) in [6, 6.07) is 6.99. The third kappa shape index (κ3) is 3.67. The Kier molecular flexibility index (Phi) is 6.14. The molecule has 6 nitrogen and oxygen atoms in total. The van der Waals surface area contributed by atoms with Crippen LogP contribution in [-0.2, 0) is 9.53 Å². The Morgan fingerprint density at radius 1 is 1.18 bits per heavy atom. The number of hydrogen-bond acceptors (Lipinski definition) is 6. The summed E-state index contributed by atoms with van der Waals surface area (Å²) in [4.78, 5) is 31.7. The van der Waals surface area contributed by atoms with Crippen LogP contribution in [0.4, 0.5) is 0 Å². The highest BCUT2D eigenvalue weighted by Crippen LogP contribution is 2.36. The van der Waals surface area contributed by atoms with Crippen LogP contribution in [0.2, 0.25) is 0 Å². The van der Waals surface area contributed by atoms with Crippen LogP contribution in [0.1, 0.15) is 38.1 Å². The highest BCUT2D eigenvalue weighted by atomic mass is 32.1. The molecular weight excluding hydrogens is 376 g/mol. The van der Waals surface area contributed by atoms with E-state index < -0.39 is 12.0 Å². The Morgan fingerprint density at radius 3 is 2.50 bits per heavy atom. The molecular formula is C21H24N2O4S. The number of carbonyl (C=O) groups is 1. The first-order valence-corrected chi connectivity index (χ1v) is 10.2. The molecule has 0 aliphatic heterocycles. The third-order valence-corrected chi connectivity index (χ3v) is 5.56. The molecule has 2 heterocycles.